The maximum Gasteiger partial charge on any atom is 0.263 e. The summed E-state index contributed by atoms with van der Waals surface area (Å²) in [5.74, 6) is 0.404. The Morgan fingerprint density at radius 3 is 2.74 bits per heavy atom. The van der Waals surface area contributed by atoms with Gasteiger partial charge in [0.2, 0.25) is 0 Å². The van der Waals surface area contributed by atoms with Crippen molar-refractivity contribution in [2.24, 2.45) is 0 Å². The van der Waals surface area contributed by atoms with Gasteiger partial charge in [-0.15, -0.1) is 0 Å². The van der Waals surface area contributed by atoms with E-state index in [1.54, 1.807) is 18.5 Å². The van der Waals surface area contributed by atoms with Gasteiger partial charge in [0.15, 0.2) is 11.5 Å². The Labute approximate surface area is 198 Å². The van der Waals surface area contributed by atoms with Gasteiger partial charge < -0.3 is 20.4 Å². The Bertz CT molecular complexity index is 1350. The molecule has 3 aromatic heterocycles. The largest absolute Gasteiger partial charge is 0.495 e. The molecular formula is C21H21ClFN9O2. The molecule has 13 heteroatoms. The number of nitrogens with one attached hydrogen (secondary N) is 1. The third-order valence-corrected chi connectivity index (χ3v) is 6.04. The van der Waals surface area contributed by atoms with Gasteiger partial charge >= 0.3 is 0 Å². The van der Waals surface area contributed by atoms with Crippen LogP contribution < -0.4 is 15.4 Å². The Balaban J connectivity index is 1.33. The zero-order valence-electron chi connectivity index (χ0n) is 18.2. The molecule has 4 heterocycles. The second kappa shape index (κ2) is 8.88. The molecule has 0 aliphatic carbocycles. The van der Waals surface area contributed by atoms with E-state index in [0.29, 0.717) is 60.2 Å². The molecular weight excluding hydrogens is 465 g/mol. The highest BCUT2D eigenvalue weighted by molar-refractivity contribution is 6.32. The van der Waals surface area contributed by atoms with Crippen LogP contribution in [0.15, 0.2) is 30.9 Å². The lowest BCUT2D eigenvalue weighted by atomic mass is 10.2. The molecule has 4 aromatic rings. The fourth-order valence-corrected chi connectivity index (χ4v) is 4.26. The zero-order valence-corrected chi connectivity index (χ0v) is 19.0. The normalized spacial score (nSPS) is 14.6. The number of benzene rings is 1. The van der Waals surface area contributed by atoms with Gasteiger partial charge in [-0.05, 0) is 6.07 Å². The highest BCUT2D eigenvalue weighted by atomic mass is 35.5. The van der Waals surface area contributed by atoms with E-state index in [-0.39, 0.29) is 23.3 Å². The minimum absolute atomic E-state index is 0.110. The number of aromatic nitrogens is 6. The number of nitrogens with two attached hydrogens (primary N) is 1. The van der Waals surface area contributed by atoms with E-state index in [0.717, 1.165) is 0 Å². The fraction of sp³-hybridized carbons (Fsp3) is 0.286. The number of nitrogen functional groups attached to an aromatic ring is 1. The van der Waals surface area contributed by atoms with E-state index < -0.39 is 5.82 Å². The molecule has 1 aliphatic rings. The number of piperazine rings is 1. The zero-order chi connectivity index (χ0) is 23.8. The third-order valence-electron chi connectivity index (χ3n) is 5.75. The minimum atomic E-state index is -0.416. The summed E-state index contributed by atoms with van der Waals surface area (Å²) in [6, 6.07) is 2.84. The summed E-state index contributed by atoms with van der Waals surface area (Å²) in [7, 11) is 1.49. The first-order chi connectivity index (χ1) is 16.5. The summed E-state index contributed by atoms with van der Waals surface area (Å²) >= 11 is 6.00. The van der Waals surface area contributed by atoms with E-state index in [1.165, 1.54) is 24.2 Å². The van der Waals surface area contributed by atoms with E-state index in [2.05, 4.69) is 25.0 Å². The Kier molecular flexibility index (Phi) is 5.75. The molecule has 0 unspecified atom stereocenters. The predicted molar refractivity (Wildman–Crippen MR) is 125 cm³/mol. The van der Waals surface area contributed by atoms with Gasteiger partial charge in [-0.1, -0.05) is 11.6 Å². The fourth-order valence-electron chi connectivity index (χ4n) is 4.03. The van der Waals surface area contributed by atoms with Crippen LogP contribution in [-0.2, 0) is 0 Å². The number of aromatic amines is 1. The van der Waals surface area contributed by atoms with E-state index >= 15 is 0 Å². The number of halogens is 2. The standard InChI is InChI=1S/C21H21ClFN9O2/c1-34-15-9-14(13(23)8-12(15)22)31-6-4-30(5-7-31)10-16(33)32-21-17(19(24)27-11-28-21)18(29-32)20-25-2-3-26-20/h2-3,8-9,11H,4-7,10H2,1H3,(H,25,26)(H2,24,27,28). The number of carbonyl (C=O) groups excluding carboxylic acids is 1. The van der Waals surface area contributed by atoms with Crippen LogP contribution in [0.2, 0.25) is 5.02 Å². The number of ether oxygens (including phenoxy) is 1. The van der Waals surface area contributed by atoms with Gasteiger partial charge in [0.1, 0.15) is 29.4 Å². The summed E-state index contributed by atoms with van der Waals surface area (Å²) in [5, 5.41) is 5.12. The van der Waals surface area contributed by atoms with Crippen LogP contribution in [0.25, 0.3) is 22.6 Å². The molecule has 1 aromatic carbocycles. The summed E-state index contributed by atoms with van der Waals surface area (Å²) in [6.07, 6.45) is 4.53. The lowest BCUT2D eigenvalue weighted by Crippen LogP contribution is -2.48. The maximum absolute atomic E-state index is 14.5. The van der Waals surface area contributed by atoms with Crippen molar-refractivity contribution in [3.8, 4) is 17.3 Å². The van der Waals surface area contributed by atoms with Crippen LogP contribution in [0.4, 0.5) is 15.9 Å². The molecule has 0 atom stereocenters. The number of anilines is 2. The average molecular weight is 486 g/mol. The number of imidazole rings is 1. The molecule has 1 fully saturated rings. The summed E-state index contributed by atoms with van der Waals surface area (Å²) in [4.78, 5) is 32.5. The summed E-state index contributed by atoms with van der Waals surface area (Å²) in [5.41, 5.74) is 7.19. The average Bonchev–Trinajstić information content (AvgIpc) is 3.49. The minimum Gasteiger partial charge on any atom is -0.495 e. The number of hydrogen-bond donors (Lipinski definition) is 2. The second-order valence-corrected chi connectivity index (χ2v) is 8.16. The smallest absolute Gasteiger partial charge is 0.263 e. The van der Waals surface area contributed by atoms with Crippen molar-refractivity contribution in [1.82, 2.24) is 34.6 Å². The topological polar surface area (TPSA) is 131 Å². The van der Waals surface area contributed by atoms with Crippen LogP contribution >= 0.6 is 11.6 Å². The number of carbonyl (C=O) groups is 1. The number of hydrogen-bond acceptors (Lipinski definition) is 9. The van der Waals surface area contributed by atoms with Crippen LogP contribution in [0.3, 0.4) is 0 Å². The van der Waals surface area contributed by atoms with E-state index in [4.69, 9.17) is 22.1 Å². The van der Waals surface area contributed by atoms with Crippen LogP contribution in [-0.4, -0.2) is 80.4 Å². The van der Waals surface area contributed by atoms with Gasteiger partial charge in [-0.25, -0.2) is 19.3 Å². The van der Waals surface area contributed by atoms with Crippen molar-refractivity contribution < 1.29 is 13.9 Å². The van der Waals surface area contributed by atoms with Crippen LogP contribution in [0, 0.1) is 5.82 Å². The van der Waals surface area contributed by atoms with Crippen LogP contribution in [0.1, 0.15) is 4.79 Å². The molecule has 5 rings (SSSR count). The van der Waals surface area contributed by atoms with Gasteiger partial charge in [-0.3, -0.25) is 9.69 Å². The highest BCUT2D eigenvalue weighted by Crippen LogP contribution is 2.33. The lowest BCUT2D eigenvalue weighted by Gasteiger charge is -2.35. The number of H-pyrrole nitrogens is 1. The molecule has 0 spiro atoms. The van der Waals surface area contributed by atoms with Crippen molar-refractivity contribution in [2.45, 2.75) is 0 Å². The third kappa shape index (κ3) is 3.90. The number of rotatable bonds is 5. The van der Waals surface area contributed by atoms with Crippen molar-refractivity contribution >= 4 is 40.0 Å². The Morgan fingerprint density at radius 1 is 1.24 bits per heavy atom. The summed E-state index contributed by atoms with van der Waals surface area (Å²) in [6.45, 7) is 2.27. The number of fused-ring (bicyclic) bond motifs is 1. The molecule has 1 aliphatic heterocycles. The molecule has 34 heavy (non-hydrogen) atoms. The van der Waals surface area contributed by atoms with Crippen molar-refractivity contribution in [2.75, 3.05) is 50.5 Å². The SMILES string of the molecule is COc1cc(N2CCN(CC(=O)n3nc(-c4ncc[nH]4)c4c(N)ncnc43)CC2)c(F)cc1Cl. The number of methoxy groups -OCH3 is 1. The first kappa shape index (κ1) is 22.0. The van der Waals surface area contributed by atoms with Gasteiger partial charge in [0, 0.05) is 44.6 Å². The molecule has 11 nitrogen and oxygen atoms in total. The van der Waals surface area contributed by atoms with Gasteiger partial charge in [0.25, 0.3) is 5.91 Å². The van der Waals surface area contributed by atoms with Crippen LogP contribution in [0.5, 0.6) is 5.75 Å². The van der Waals surface area contributed by atoms with Gasteiger partial charge in [0.05, 0.1) is 29.8 Å². The summed E-state index contributed by atoms with van der Waals surface area (Å²) < 4.78 is 20.9. The molecule has 0 saturated carbocycles. The second-order valence-electron chi connectivity index (χ2n) is 7.75. The van der Waals surface area contributed by atoms with Crippen molar-refractivity contribution in [3.63, 3.8) is 0 Å². The molecule has 1 saturated heterocycles. The van der Waals surface area contributed by atoms with E-state index in [9.17, 15) is 9.18 Å². The molecule has 0 radical (unpaired) electrons. The monoisotopic (exact) mass is 485 g/mol. The Hall–Kier alpha value is -3.77. The maximum atomic E-state index is 14.5. The highest BCUT2D eigenvalue weighted by Gasteiger charge is 2.26. The molecule has 176 valence electrons. The predicted octanol–water partition coefficient (Wildman–Crippen LogP) is 2.06. The molecule has 0 amide bonds. The van der Waals surface area contributed by atoms with E-state index in [1.807, 2.05) is 9.80 Å². The molecule has 3 N–H and O–H groups in total. The number of nitrogens with zero attached hydrogens (tertiary/aromatic N) is 7. The molecule has 0 bridgehead atoms. The lowest BCUT2D eigenvalue weighted by molar-refractivity contribution is 0.0833. The van der Waals surface area contributed by atoms with Gasteiger partial charge in [-0.2, -0.15) is 9.78 Å². The van der Waals surface area contributed by atoms with Crippen molar-refractivity contribution in [3.05, 3.63) is 41.7 Å². The first-order valence-corrected chi connectivity index (χ1v) is 10.9. The quantitative estimate of drug-likeness (QED) is 0.436. The first-order valence-electron chi connectivity index (χ1n) is 10.5. The Morgan fingerprint density at radius 2 is 2.03 bits per heavy atom. The van der Waals surface area contributed by atoms with Crippen molar-refractivity contribution in [1.29, 1.82) is 0 Å².